The van der Waals surface area contributed by atoms with Crippen LogP contribution in [0.1, 0.15) is 18.0 Å². The summed E-state index contributed by atoms with van der Waals surface area (Å²) in [7, 11) is 0. The van der Waals surface area contributed by atoms with Crippen molar-refractivity contribution in [1.82, 2.24) is 10.2 Å². The molecule has 1 aromatic carbocycles. The van der Waals surface area contributed by atoms with Crippen molar-refractivity contribution >= 4 is 24.2 Å². The van der Waals surface area contributed by atoms with Gasteiger partial charge in [0.25, 0.3) is 0 Å². The van der Waals surface area contributed by atoms with Crippen molar-refractivity contribution in [2.75, 3.05) is 26.2 Å². The van der Waals surface area contributed by atoms with Gasteiger partial charge in [0.15, 0.2) is 0 Å². The first-order valence-electron chi connectivity index (χ1n) is 6.94. The number of hydrogen-bond donors (Lipinski definition) is 1. The van der Waals surface area contributed by atoms with Gasteiger partial charge in [-0.05, 0) is 29.5 Å². The third-order valence-corrected chi connectivity index (χ3v) is 4.23. The van der Waals surface area contributed by atoms with Crippen LogP contribution in [0.4, 0.5) is 22.0 Å². The van der Waals surface area contributed by atoms with Gasteiger partial charge < -0.3 is 5.32 Å². The summed E-state index contributed by atoms with van der Waals surface area (Å²) in [4.78, 5) is 2.02. The summed E-state index contributed by atoms with van der Waals surface area (Å²) in [6.45, 7) is 2.75. The molecule has 1 saturated heterocycles. The molecule has 0 aromatic heterocycles. The van der Waals surface area contributed by atoms with Gasteiger partial charge >= 0.3 is 5.51 Å². The summed E-state index contributed by atoms with van der Waals surface area (Å²) < 4.78 is 62.6. The van der Waals surface area contributed by atoms with Crippen molar-refractivity contribution in [2.24, 2.45) is 0 Å². The van der Waals surface area contributed by atoms with Crippen LogP contribution in [0.2, 0.25) is 0 Å². The predicted molar refractivity (Wildman–Crippen MR) is 83.4 cm³/mol. The summed E-state index contributed by atoms with van der Waals surface area (Å²) in [5.74, 6) is 0. The zero-order valence-electron chi connectivity index (χ0n) is 12.2. The van der Waals surface area contributed by atoms with Crippen LogP contribution in [0.25, 0.3) is 0 Å². The van der Waals surface area contributed by atoms with E-state index in [1.54, 1.807) is 0 Å². The second-order valence-corrected chi connectivity index (χ2v) is 6.18. The summed E-state index contributed by atoms with van der Waals surface area (Å²) >= 11 is -0.201. The highest BCUT2D eigenvalue weighted by Crippen LogP contribution is 2.37. The van der Waals surface area contributed by atoms with Crippen LogP contribution < -0.4 is 5.32 Å². The van der Waals surface area contributed by atoms with Crippen molar-refractivity contribution in [3.63, 3.8) is 0 Å². The monoisotopic (exact) mass is 376 g/mol. The molecule has 9 heteroatoms. The molecule has 1 heterocycles. The Morgan fingerprint density at radius 3 is 2.13 bits per heavy atom. The van der Waals surface area contributed by atoms with Crippen LogP contribution in [0.3, 0.4) is 0 Å². The van der Waals surface area contributed by atoms with E-state index < -0.39 is 18.0 Å². The van der Waals surface area contributed by atoms with E-state index in [4.69, 9.17) is 0 Å². The minimum atomic E-state index is -4.34. The number of rotatable bonds is 5. The van der Waals surface area contributed by atoms with Crippen LogP contribution in [0, 0.1) is 0 Å². The third kappa shape index (κ3) is 6.82. The molecule has 23 heavy (non-hydrogen) atoms. The molecule has 0 radical (unpaired) electrons. The molecule has 0 unspecified atom stereocenters. The van der Waals surface area contributed by atoms with Crippen molar-refractivity contribution in [3.8, 4) is 0 Å². The Morgan fingerprint density at radius 1 is 1.09 bits per heavy atom. The summed E-state index contributed by atoms with van der Waals surface area (Å²) in [6, 6.07) is 5.25. The lowest BCUT2D eigenvalue weighted by Crippen LogP contribution is -2.45. The highest BCUT2D eigenvalue weighted by molar-refractivity contribution is 8.00. The number of halogens is 6. The first kappa shape index (κ1) is 20.5. The molecule has 2 nitrogen and oxygen atoms in total. The first-order valence-corrected chi connectivity index (χ1v) is 7.75. The summed E-state index contributed by atoms with van der Waals surface area (Å²) in [5.41, 5.74) is -3.71. The van der Waals surface area contributed by atoms with Crippen LogP contribution >= 0.6 is 24.2 Å². The number of nitrogens with zero attached hydrogens (tertiary/aromatic N) is 1. The van der Waals surface area contributed by atoms with Crippen molar-refractivity contribution in [2.45, 2.75) is 29.3 Å². The molecular weight excluding hydrogens is 359 g/mol. The molecule has 1 aromatic rings. The maximum Gasteiger partial charge on any atom is 0.446 e. The second-order valence-electron chi connectivity index (χ2n) is 5.05. The largest absolute Gasteiger partial charge is 0.446 e. The number of thioether (sulfide) groups is 1. The van der Waals surface area contributed by atoms with Crippen molar-refractivity contribution in [3.05, 3.63) is 29.8 Å². The molecule has 2 rings (SSSR count). The minimum absolute atomic E-state index is 0. The SMILES string of the molecule is Cl.FC(F)C[C@@H](c1ccc(SC(F)(F)F)cc1)N1CCNCC1. The molecular formula is C14H18ClF5N2S. The second kappa shape index (κ2) is 9.05. The molecule has 0 saturated carbocycles. The smallest absolute Gasteiger partial charge is 0.314 e. The van der Waals surface area contributed by atoms with Crippen LogP contribution in [-0.2, 0) is 0 Å². The standard InChI is InChI=1S/C14H17F5N2S.ClH/c15-13(16)9-12(21-7-5-20-6-8-21)10-1-3-11(4-2-10)22-14(17,18)19;/h1-4,12-13,20H,5-9H2;1H/t12-;/m0./s1. The Bertz CT molecular complexity index is 463. The zero-order chi connectivity index (χ0) is 16.2. The van der Waals surface area contributed by atoms with Gasteiger partial charge in [0.1, 0.15) is 0 Å². The number of alkyl halides is 5. The maximum atomic E-state index is 12.8. The van der Waals surface area contributed by atoms with Gasteiger partial charge in [-0.15, -0.1) is 12.4 Å². The number of hydrogen-bond acceptors (Lipinski definition) is 3. The molecule has 0 bridgehead atoms. The van der Waals surface area contributed by atoms with Gasteiger partial charge in [-0.25, -0.2) is 8.78 Å². The van der Waals surface area contributed by atoms with E-state index in [2.05, 4.69) is 5.32 Å². The van der Waals surface area contributed by atoms with E-state index in [-0.39, 0.29) is 35.5 Å². The molecule has 0 amide bonds. The average Bonchev–Trinajstić information content (AvgIpc) is 2.45. The van der Waals surface area contributed by atoms with Crippen molar-refractivity contribution in [1.29, 1.82) is 0 Å². The van der Waals surface area contributed by atoms with Gasteiger partial charge in [0, 0.05) is 43.5 Å². The Kier molecular flexibility index (Phi) is 8.06. The molecule has 132 valence electrons. The Balaban J connectivity index is 0.00000264. The highest BCUT2D eigenvalue weighted by atomic mass is 35.5. The number of benzene rings is 1. The fourth-order valence-corrected chi connectivity index (χ4v) is 3.09. The summed E-state index contributed by atoms with van der Waals surface area (Å²) in [5, 5.41) is 3.15. The topological polar surface area (TPSA) is 15.3 Å². The lowest BCUT2D eigenvalue weighted by molar-refractivity contribution is -0.0328. The predicted octanol–water partition coefficient (Wildman–Crippen LogP) is 4.32. The van der Waals surface area contributed by atoms with E-state index in [0.29, 0.717) is 18.7 Å². The lowest BCUT2D eigenvalue weighted by atomic mass is 10.0. The van der Waals surface area contributed by atoms with Gasteiger partial charge in [-0.3, -0.25) is 4.90 Å². The quantitative estimate of drug-likeness (QED) is 0.608. The molecule has 1 fully saturated rings. The minimum Gasteiger partial charge on any atom is -0.314 e. The van der Waals surface area contributed by atoms with Crippen LogP contribution in [0.5, 0.6) is 0 Å². The van der Waals surface area contributed by atoms with Gasteiger partial charge in [0.2, 0.25) is 6.43 Å². The molecule has 1 N–H and O–H groups in total. The van der Waals surface area contributed by atoms with E-state index in [9.17, 15) is 22.0 Å². The fourth-order valence-electron chi connectivity index (χ4n) is 2.55. The Morgan fingerprint density at radius 2 is 1.65 bits per heavy atom. The first-order chi connectivity index (χ1) is 10.3. The van der Waals surface area contributed by atoms with E-state index >= 15 is 0 Å². The van der Waals surface area contributed by atoms with Gasteiger partial charge in [-0.2, -0.15) is 13.2 Å². The Labute approximate surface area is 142 Å². The molecule has 0 spiro atoms. The maximum absolute atomic E-state index is 12.8. The van der Waals surface area contributed by atoms with E-state index in [0.717, 1.165) is 13.1 Å². The zero-order valence-corrected chi connectivity index (χ0v) is 13.8. The third-order valence-electron chi connectivity index (χ3n) is 3.49. The average molecular weight is 377 g/mol. The summed E-state index contributed by atoms with van der Waals surface area (Å²) in [6.07, 6.45) is -2.77. The molecule has 1 aliphatic heterocycles. The molecule has 0 aliphatic carbocycles. The lowest BCUT2D eigenvalue weighted by Gasteiger charge is -2.35. The molecule has 1 aliphatic rings. The number of piperazine rings is 1. The Hall–Kier alpha value is -0.570. The van der Waals surface area contributed by atoms with Gasteiger partial charge in [-0.1, -0.05) is 12.1 Å². The normalized spacial score (nSPS) is 17.8. The van der Waals surface area contributed by atoms with E-state index in [1.165, 1.54) is 24.3 Å². The van der Waals surface area contributed by atoms with E-state index in [1.807, 2.05) is 4.90 Å². The van der Waals surface area contributed by atoms with Gasteiger partial charge in [0.05, 0.1) is 0 Å². The highest BCUT2D eigenvalue weighted by Gasteiger charge is 2.30. The van der Waals surface area contributed by atoms with Crippen LogP contribution in [0.15, 0.2) is 29.2 Å². The fraction of sp³-hybridized carbons (Fsp3) is 0.571. The van der Waals surface area contributed by atoms with Crippen LogP contribution in [-0.4, -0.2) is 43.0 Å². The number of nitrogens with one attached hydrogen (secondary N) is 1. The van der Waals surface area contributed by atoms with Crippen molar-refractivity contribution < 1.29 is 22.0 Å². The molecule has 1 atom stereocenters.